The molecule has 6 heteroatoms. The molecule has 1 amide bonds. The number of aromatic nitrogens is 2. The third-order valence-corrected chi connectivity index (χ3v) is 4.39. The number of nitrogens with zero attached hydrogens (tertiary/aromatic N) is 2. The summed E-state index contributed by atoms with van der Waals surface area (Å²) < 4.78 is 0. The highest BCUT2D eigenvalue weighted by Crippen LogP contribution is 2.19. The number of rotatable bonds is 6. The quantitative estimate of drug-likeness (QED) is 0.724. The lowest BCUT2D eigenvalue weighted by atomic mass is 10.1. The smallest absolute Gasteiger partial charge is 0.253 e. The normalized spacial score (nSPS) is 11.9. The second kappa shape index (κ2) is 7.81. The Hall–Kier alpha value is -2.57. The van der Waals surface area contributed by atoms with Gasteiger partial charge in [-0.25, -0.2) is 4.98 Å². The minimum Gasteiger partial charge on any atom is -0.378 e. The predicted octanol–water partition coefficient (Wildman–Crippen LogP) is 2.60. The first kappa shape index (κ1) is 16.3. The lowest BCUT2D eigenvalue weighted by molar-refractivity contribution is -0.129. The van der Waals surface area contributed by atoms with Crippen LogP contribution in [-0.4, -0.2) is 27.5 Å². The first-order valence-electron chi connectivity index (χ1n) is 7.60. The highest BCUT2D eigenvalue weighted by molar-refractivity contribution is 7.09. The van der Waals surface area contributed by atoms with E-state index in [0.717, 1.165) is 16.4 Å². The number of nitrogens with one attached hydrogen (secondary N) is 1. The zero-order valence-corrected chi connectivity index (χ0v) is 13.7. The van der Waals surface area contributed by atoms with Crippen molar-refractivity contribution < 1.29 is 9.90 Å². The molecule has 0 saturated carbocycles. The number of carbonyl (C=O) groups excluding carboxylic acids is 1. The maximum atomic E-state index is 12.0. The average Bonchev–Trinajstić information content (AvgIpc) is 3.11. The van der Waals surface area contributed by atoms with E-state index in [4.69, 9.17) is 0 Å². The van der Waals surface area contributed by atoms with Crippen molar-refractivity contribution in [3.63, 3.8) is 0 Å². The van der Waals surface area contributed by atoms with Crippen LogP contribution in [-0.2, 0) is 11.2 Å². The van der Waals surface area contributed by atoms with Crippen LogP contribution in [0.15, 0.2) is 60.1 Å². The highest BCUT2D eigenvalue weighted by Gasteiger charge is 2.16. The highest BCUT2D eigenvalue weighted by atomic mass is 32.1. The number of pyridine rings is 1. The van der Waals surface area contributed by atoms with Crippen LogP contribution in [0.4, 0.5) is 0 Å². The van der Waals surface area contributed by atoms with Gasteiger partial charge in [-0.2, -0.15) is 0 Å². The summed E-state index contributed by atoms with van der Waals surface area (Å²) in [6, 6.07) is 14.6. The Balaban J connectivity index is 1.52. The Kier molecular flexibility index (Phi) is 5.30. The van der Waals surface area contributed by atoms with Crippen molar-refractivity contribution in [1.82, 2.24) is 15.3 Å². The second-order valence-electron chi connectivity index (χ2n) is 5.20. The maximum Gasteiger partial charge on any atom is 0.253 e. The molecule has 5 nitrogen and oxygen atoms in total. The van der Waals surface area contributed by atoms with E-state index in [1.165, 1.54) is 11.3 Å². The van der Waals surface area contributed by atoms with E-state index in [9.17, 15) is 9.90 Å². The van der Waals surface area contributed by atoms with Gasteiger partial charge in [0.05, 0.1) is 16.4 Å². The van der Waals surface area contributed by atoms with E-state index in [0.29, 0.717) is 18.5 Å². The average molecular weight is 339 g/mol. The van der Waals surface area contributed by atoms with Crippen molar-refractivity contribution >= 4 is 17.2 Å². The molecule has 2 heterocycles. The summed E-state index contributed by atoms with van der Waals surface area (Å²) in [4.78, 5) is 20.8. The van der Waals surface area contributed by atoms with Crippen LogP contribution in [0, 0.1) is 0 Å². The Morgan fingerprint density at radius 3 is 2.67 bits per heavy atom. The van der Waals surface area contributed by atoms with Crippen LogP contribution in [0.1, 0.15) is 16.7 Å². The monoisotopic (exact) mass is 339 g/mol. The van der Waals surface area contributed by atoms with Crippen molar-refractivity contribution in [3.05, 3.63) is 70.7 Å². The van der Waals surface area contributed by atoms with Crippen molar-refractivity contribution in [2.45, 2.75) is 12.5 Å². The zero-order valence-electron chi connectivity index (χ0n) is 12.9. The fourth-order valence-electron chi connectivity index (χ4n) is 2.23. The number of hydrogen-bond donors (Lipinski definition) is 2. The van der Waals surface area contributed by atoms with Gasteiger partial charge >= 0.3 is 0 Å². The Labute approximate surface area is 144 Å². The molecule has 3 aromatic rings. The largest absolute Gasteiger partial charge is 0.378 e. The minimum absolute atomic E-state index is 0.400. The summed E-state index contributed by atoms with van der Waals surface area (Å²) in [5, 5.41) is 15.6. The zero-order chi connectivity index (χ0) is 16.8. The molecule has 1 atom stereocenters. The van der Waals surface area contributed by atoms with Gasteiger partial charge in [0.25, 0.3) is 5.91 Å². The van der Waals surface area contributed by atoms with Crippen molar-refractivity contribution in [2.24, 2.45) is 0 Å². The number of aliphatic hydroxyl groups excluding tert-OH is 1. The van der Waals surface area contributed by atoms with Gasteiger partial charge < -0.3 is 10.4 Å². The molecule has 0 radical (unpaired) electrons. The Bertz CT molecular complexity index is 790. The molecule has 0 aliphatic carbocycles. The van der Waals surface area contributed by atoms with Gasteiger partial charge in [0.15, 0.2) is 6.10 Å². The van der Waals surface area contributed by atoms with Crippen LogP contribution in [0.25, 0.3) is 11.4 Å². The summed E-state index contributed by atoms with van der Waals surface area (Å²) in [6.07, 6.45) is 1.20. The molecule has 122 valence electrons. The molecule has 2 N–H and O–H groups in total. The van der Waals surface area contributed by atoms with E-state index in [1.54, 1.807) is 30.5 Å². The number of aliphatic hydroxyl groups is 1. The predicted molar refractivity (Wildman–Crippen MR) is 93.5 cm³/mol. The van der Waals surface area contributed by atoms with E-state index < -0.39 is 12.0 Å². The summed E-state index contributed by atoms with van der Waals surface area (Å²) in [5.74, 6) is -0.400. The minimum atomic E-state index is -1.15. The molecule has 24 heavy (non-hydrogen) atoms. The lowest BCUT2D eigenvalue weighted by Gasteiger charge is -2.11. The van der Waals surface area contributed by atoms with Gasteiger partial charge in [-0.1, -0.05) is 36.4 Å². The van der Waals surface area contributed by atoms with Crippen molar-refractivity contribution in [3.8, 4) is 11.4 Å². The van der Waals surface area contributed by atoms with Gasteiger partial charge in [-0.3, -0.25) is 9.78 Å². The van der Waals surface area contributed by atoms with Gasteiger partial charge in [-0.15, -0.1) is 11.3 Å². The molecule has 0 aliphatic heterocycles. The molecule has 3 rings (SSSR count). The number of amides is 1. The summed E-state index contributed by atoms with van der Waals surface area (Å²) in [5.41, 5.74) is 2.26. The summed E-state index contributed by atoms with van der Waals surface area (Å²) >= 11 is 1.54. The third-order valence-electron chi connectivity index (χ3n) is 3.48. The van der Waals surface area contributed by atoms with Crippen molar-refractivity contribution in [1.29, 1.82) is 0 Å². The number of thiazole rings is 1. The molecule has 2 aromatic heterocycles. The summed E-state index contributed by atoms with van der Waals surface area (Å²) in [6.45, 7) is 0.428. The van der Waals surface area contributed by atoms with Gasteiger partial charge in [0.2, 0.25) is 0 Å². The lowest BCUT2D eigenvalue weighted by Crippen LogP contribution is -2.30. The summed E-state index contributed by atoms with van der Waals surface area (Å²) in [7, 11) is 0. The molecule has 1 aromatic carbocycles. The molecule has 0 spiro atoms. The number of benzene rings is 1. The van der Waals surface area contributed by atoms with Crippen LogP contribution >= 0.6 is 11.3 Å². The first-order valence-corrected chi connectivity index (χ1v) is 8.48. The molecule has 0 aliphatic rings. The first-order chi connectivity index (χ1) is 11.7. The SMILES string of the molecule is O=C(NCCc1nc(-c2ccccn2)cs1)C(O)c1ccccc1. The molecule has 0 bridgehead atoms. The standard InChI is InChI=1S/C18H17N3O2S/c22-17(13-6-2-1-3-7-13)18(23)20-11-9-16-21-15(12-24-16)14-8-4-5-10-19-14/h1-8,10,12,17,22H,9,11H2,(H,20,23). The van der Waals surface area contributed by atoms with Crippen molar-refractivity contribution in [2.75, 3.05) is 6.54 Å². The van der Waals surface area contributed by atoms with E-state index in [-0.39, 0.29) is 0 Å². The Morgan fingerprint density at radius 2 is 1.92 bits per heavy atom. The van der Waals surface area contributed by atoms with Crippen LogP contribution < -0.4 is 5.32 Å². The number of carbonyl (C=O) groups is 1. The second-order valence-corrected chi connectivity index (χ2v) is 6.14. The molecular formula is C18H17N3O2S. The van der Waals surface area contributed by atoms with Crippen LogP contribution in [0.3, 0.4) is 0 Å². The van der Waals surface area contributed by atoms with Crippen LogP contribution in [0.2, 0.25) is 0 Å². The van der Waals surface area contributed by atoms with Gasteiger partial charge in [0, 0.05) is 24.5 Å². The topological polar surface area (TPSA) is 75.1 Å². The van der Waals surface area contributed by atoms with E-state index in [2.05, 4.69) is 15.3 Å². The van der Waals surface area contributed by atoms with Crippen LogP contribution in [0.5, 0.6) is 0 Å². The van der Waals surface area contributed by atoms with E-state index in [1.807, 2.05) is 29.6 Å². The Morgan fingerprint density at radius 1 is 1.12 bits per heavy atom. The molecular weight excluding hydrogens is 322 g/mol. The third kappa shape index (κ3) is 4.04. The fraction of sp³-hybridized carbons (Fsp3) is 0.167. The molecule has 1 unspecified atom stereocenters. The maximum absolute atomic E-state index is 12.0. The fourth-order valence-corrected chi connectivity index (χ4v) is 3.03. The number of hydrogen-bond acceptors (Lipinski definition) is 5. The van der Waals surface area contributed by atoms with Gasteiger partial charge in [-0.05, 0) is 17.7 Å². The van der Waals surface area contributed by atoms with Gasteiger partial charge in [0.1, 0.15) is 0 Å². The van der Waals surface area contributed by atoms with E-state index >= 15 is 0 Å². The molecule has 0 fully saturated rings. The molecule has 0 saturated heterocycles.